The second-order valence-corrected chi connectivity index (χ2v) is 7.04. The Bertz CT molecular complexity index is 537. The van der Waals surface area contributed by atoms with E-state index in [1.807, 2.05) is 12.4 Å². The summed E-state index contributed by atoms with van der Waals surface area (Å²) in [6, 6.07) is 4.14. The molecule has 2 aliphatic heterocycles. The van der Waals surface area contributed by atoms with Crippen LogP contribution in [-0.2, 0) is 9.53 Å². The van der Waals surface area contributed by atoms with Crippen molar-refractivity contribution in [2.24, 2.45) is 5.41 Å². The minimum absolute atomic E-state index is 0.0278. The number of hydrogen-bond donors (Lipinski definition) is 0. The molecular weight excluding hydrogens is 302 g/mol. The molecule has 0 amide bonds. The number of pyridine rings is 1. The lowest BCUT2D eigenvalue weighted by atomic mass is 9.79. The lowest BCUT2D eigenvalue weighted by molar-refractivity contribution is -0.149. The number of rotatable bonds is 6. The van der Waals surface area contributed by atoms with Gasteiger partial charge in [-0.1, -0.05) is 13.8 Å². The summed E-state index contributed by atoms with van der Waals surface area (Å²) in [6.07, 6.45) is 7.45. The zero-order valence-corrected chi connectivity index (χ0v) is 14.9. The van der Waals surface area contributed by atoms with E-state index in [2.05, 4.69) is 40.8 Å². The smallest absolute Gasteiger partial charge is 0.312 e. The summed E-state index contributed by atoms with van der Waals surface area (Å²) in [5.41, 5.74) is 1.04. The lowest BCUT2D eigenvalue weighted by Gasteiger charge is -2.36. The maximum Gasteiger partial charge on any atom is 0.312 e. The van der Waals surface area contributed by atoms with Gasteiger partial charge in [0, 0.05) is 57.2 Å². The molecule has 2 aliphatic rings. The van der Waals surface area contributed by atoms with Gasteiger partial charge in [-0.15, -0.1) is 0 Å². The summed E-state index contributed by atoms with van der Waals surface area (Å²) in [5.74, 6) is 0.0278. The molecule has 1 aromatic rings. The standard InChI is InChI=1S/C19H29N3O2/c1-3-19(4-2)15-17(24-18(19)23)7-10-21-11-13-22(14-12-21)16-5-8-20-9-6-16/h5-6,8-9,17H,3-4,7,10-15H2,1-2H3/t17-/m0/s1. The first-order chi connectivity index (χ1) is 11.7. The van der Waals surface area contributed by atoms with Crippen molar-refractivity contribution < 1.29 is 9.53 Å². The Morgan fingerprint density at radius 3 is 2.42 bits per heavy atom. The molecule has 0 saturated carbocycles. The predicted molar refractivity (Wildman–Crippen MR) is 95.0 cm³/mol. The molecule has 3 heterocycles. The van der Waals surface area contributed by atoms with Crippen molar-refractivity contribution in [3.63, 3.8) is 0 Å². The van der Waals surface area contributed by atoms with Gasteiger partial charge in [0.1, 0.15) is 6.10 Å². The number of hydrogen-bond acceptors (Lipinski definition) is 5. The second-order valence-electron chi connectivity index (χ2n) is 7.04. The van der Waals surface area contributed by atoms with Gasteiger partial charge in [-0.3, -0.25) is 14.7 Å². The number of carbonyl (C=O) groups excluding carboxylic acids is 1. The summed E-state index contributed by atoms with van der Waals surface area (Å²) in [4.78, 5) is 21.2. The molecule has 0 aromatic carbocycles. The van der Waals surface area contributed by atoms with E-state index in [4.69, 9.17) is 4.74 Å². The van der Waals surface area contributed by atoms with Crippen molar-refractivity contribution >= 4 is 11.7 Å². The van der Waals surface area contributed by atoms with E-state index in [0.29, 0.717) is 0 Å². The van der Waals surface area contributed by atoms with Gasteiger partial charge in [0.15, 0.2) is 0 Å². The normalized spacial score (nSPS) is 24.2. The van der Waals surface area contributed by atoms with E-state index >= 15 is 0 Å². The van der Waals surface area contributed by atoms with E-state index in [9.17, 15) is 4.79 Å². The predicted octanol–water partition coefficient (Wildman–Crippen LogP) is 2.72. The molecule has 3 rings (SSSR count). The Morgan fingerprint density at radius 2 is 1.83 bits per heavy atom. The van der Waals surface area contributed by atoms with Crippen LogP contribution in [-0.4, -0.2) is 54.7 Å². The number of esters is 1. The van der Waals surface area contributed by atoms with E-state index in [1.165, 1.54) is 5.69 Å². The highest BCUT2D eigenvalue weighted by atomic mass is 16.6. The Labute approximate surface area is 145 Å². The molecule has 5 nitrogen and oxygen atoms in total. The minimum atomic E-state index is -0.218. The van der Waals surface area contributed by atoms with Crippen LogP contribution in [0.1, 0.15) is 39.5 Å². The molecule has 1 aromatic heterocycles. The second kappa shape index (κ2) is 7.51. The third-order valence-corrected chi connectivity index (χ3v) is 5.85. The van der Waals surface area contributed by atoms with Crippen LogP contribution in [0.3, 0.4) is 0 Å². The highest BCUT2D eigenvalue weighted by Gasteiger charge is 2.46. The van der Waals surface area contributed by atoms with Crippen LogP contribution in [0, 0.1) is 5.41 Å². The number of ether oxygens (including phenoxy) is 1. The molecule has 0 N–H and O–H groups in total. The number of carbonyl (C=O) groups is 1. The first-order valence-corrected chi connectivity index (χ1v) is 9.25. The highest BCUT2D eigenvalue weighted by molar-refractivity contribution is 5.78. The van der Waals surface area contributed by atoms with Crippen molar-refractivity contribution in [3.8, 4) is 0 Å². The van der Waals surface area contributed by atoms with Gasteiger partial charge < -0.3 is 9.64 Å². The molecule has 132 valence electrons. The molecule has 2 fully saturated rings. The summed E-state index contributed by atoms with van der Waals surface area (Å²) < 4.78 is 5.66. The van der Waals surface area contributed by atoms with E-state index in [0.717, 1.165) is 58.4 Å². The fourth-order valence-corrected chi connectivity index (χ4v) is 3.94. The fourth-order valence-electron chi connectivity index (χ4n) is 3.94. The van der Waals surface area contributed by atoms with Crippen LogP contribution in [0.4, 0.5) is 5.69 Å². The van der Waals surface area contributed by atoms with Gasteiger partial charge >= 0.3 is 5.97 Å². The topological polar surface area (TPSA) is 45.7 Å². The van der Waals surface area contributed by atoms with Crippen molar-refractivity contribution in [1.82, 2.24) is 9.88 Å². The lowest BCUT2D eigenvalue weighted by Crippen LogP contribution is -2.47. The van der Waals surface area contributed by atoms with Gasteiger partial charge in [0.25, 0.3) is 0 Å². The first kappa shape index (κ1) is 17.2. The van der Waals surface area contributed by atoms with Gasteiger partial charge in [-0.2, -0.15) is 0 Å². The van der Waals surface area contributed by atoms with Crippen LogP contribution < -0.4 is 4.90 Å². The Balaban J connectivity index is 1.44. The Kier molecular flexibility index (Phi) is 5.39. The van der Waals surface area contributed by atoms with Crippen molar-refractivity contribution in [2.75, 3.05) is 37.6 Å². The maximum absolute atomic E-state index is 12.2. The molecular formula is C19H29N3O2. The van der Waals surface area contributed by atoms with E-state index in [1.54, 1.807) is 0 Å². The minimum Gasteiger partial charge on any atom is -0.462 e. The third kappa shape index (κ3) is 3.56. The van der Waals surface area contributed by atoms with Crippen molar-refractivity contribution in [1.29, 1.82) is 0 Å². The van der Waals surface area contributed by atoms with Crippen LogP contribution in [0.5, 0.6) is 0 Å². The van der Waals surface area contributed by atoms with Gasteiger partial charge in [-0.05, 0) is 31.4 Å². The molecule has 2 saturated heterocycles. The Hall–Kier alpha value is -1.62. The average molecular weight is 331 g/mol. The number of anilines is 1. The van der Waals surface area contributed by atoms with E-state index < -0.39 is 0 Å². The molecule has 24 heavy (non-hydrogen) atoms. The number of aromatic nitrogens is 1. The summed E-state index contributed by atoms with van der Waals surface area (Å²) in [6.45, 7) is 9.44. The third-order valence-electron chi connectivity index (χ3n) is 5.85. The molecule has 0 aliphatic carbocycles. The average Bonchev–Trinajstić information content (AvgIpc) is 2.97. The van der Waals surface area contributed by atoms with Crippen LogP contribution in [0.2, 0.25) is 0 Å². The van der Waals surface area contributed by atoms with Crippen LogP contribution in [0.15, 0.2) is 24.5 Å². The fraction of sp³-hybridized carbons (Fsp3) is 0.684. The molecule has 0 bridgehead atoms. The monoisotopic (exact) mass is 331 g/mol. The number of cyclic esters (lactones) is 1. The van der Waals surface area contributed by atoms with Crippen molar-refractivity contribution in [2.45, 2.75) is 45.6 Å². The maximum atomic E-state index is 12.2. The zero-order chi connectivity index (χ0) is 17.0. The SMILES string of the molecule is CCC1(CC)C[C@H](CCN2CCN(c3ccncc3)CC2)OC1=O. The highest BCUT2D eigenvalue weighted by Crippen LogP contribution is 2.41. The molecule has 0 radical (unpaired) electrons. The van der Waals surface area contributed by atoms with Crippen LogP contribution >= 0.6 is 0 Å². The van der Waals surface area contributed by atoms with Gasteiger partial charge in [-0.25, -0.2) is 0 Å². The summed E-state index contributed by atoms with van der Waals surface area (Å²) in [5, 5.41) is 0. The zero-order valence-electron chi connectivity index (χ0n) is 14.9. The summed E-state index contributed by atoms with van der Waals surface area (Å²) in [7, 11) is 0. The molecule has 0 unspecified atom stereocenters. The quantitative estimate of drug-likeness (QED) is 0.750. The Morgan fingerprint density at radius 1 is 1.17 bits per heavy atom. The van der Waals surface area contributed by atoms with E-state index in [-0.39, 0.29) is 17.5 Å². The number of piperazine rings is 1. The van der Waals surface area contributed by atoms with Gasteiger partial charge in [0.05, 0.1) is 5.41 Å². The summed E-state index contributed by atoms with van der Waals surface area (Å²) >= 11 is 0. The number of nitrogens with zero attached hydrogens (tertiary/aromatic N) is 3. The molecule has 1 atom stereocenters. The molecule has 5 heteroatoms. The first-order valence-electron chi connectivity index (χ1n) is 9.25. The molecule has 0 spiro atoms. The van der Waals surface area contributed by atoms with Crippen LogP contribution in [0.25, 0.3) is 0 Å². The van der Waals surface area contributed by atoms with Gasteiger partial charge in [0.2, 0.25) is 0 Å². The van der Waals surface area contributed by atoms with Crippen molar-refractivity contribution in [3.05, 3.63) is 24.5 Å². The largest absolute Gasteiger partial charge is 0.462 e.